The molecule has 0 aliphatic rings. The van der Waals surface area contributed by atoms with Gasteiger partial charge in [-0.05, 0) is 26.3 Å². The Morgan fingerprint density at radius 1 is 1.15 bits per heavy atom. The van der Waals surface area contributed by atoms with Crippen LogP contribution in [0, 0.1) is 0 Å². The molecule has 0 aliphatic carbocycles. The maximum absolute atomic E-state index is 8.52. The van der Waals surface area contributed by atoms with Gasteiger partial charge in [-0.25, -0.2) is 0 Å². The molecule has 0 saturated heterocycles. The number of rotatable bonds is 1. The van der Waals surface area contributed by atoms with Gasteiger partial charge in [0.1, 0.15) is 0 Å². The third-order valence-corrected chi connectivity index (χ3v) is 1.64. The van der Waals surface area contributed by atoms with Gasteiger partial charge in [0, 0.05) is 5.33 Å². The SMILES string of the molecule is BrCc1ccccc1.CC(C)(C)O. The summed E-state index contributed by atoms with van der Waals surface area (Å²) in [6.45, 7) is 5.23. The highest BCUT2D eigenvalue weighted by atomic mass is 79.9. The molecule has 0 aliphatic heterocycles. The van der Waals surface area contributed by atoms with Crippen molar-refractivity contribution in [1.82, 2.24) is 0 Å². The summed E-state index contributed by atoms with van der Waals surface area (Å²) in [6, 6.07) is 10.3. The molecule has 74 valence electrons. The van der Waals surface area contributed by atoms with Crippen LogP contribution in [0.25, 0.3) is 0 Å². The van der Waals surface area contributed by atoms with Gasteiger partial charge < -0.3 is 5.11 Å². The summed E-state index contributed by atoms with van der Waals surface area (Å²) < 4.78 is 0. The zero-order chi connectivity index (χ0) is 10.3. The molecule has 1 nitrogen and oxygen atoms in total. The fourth-order valence-electron chi connectivity index (χ4n) is 0.567. The van der Waals surface area contributed by atoms with Crippen molar-refractivity contribution in [3.63, 3.8) is 0 Å². The quantitative estimate of drug-likeness (QED) is 0.752. The predicted molar refractivity (Wildman–Crippen MR) is 61.0 cm³/mol. The van der Waals surface area contributed by atoms with Crippen molar-refractivity contribution in [2.45, 2.75) is 31.7 Å². The Balaban J connectivity index is 0.000000252. The molecule has 0 heterocycles. The van der Waals surface area contributed by atoms with Gasteiger partial charge in [-0.2, -0.15) is 0 Å². The first-order valence-electron chi connectivity index (χ1n) is 4.26. The van der Waals surface area contributed by atoms with E-state index < -0.39 is 5.60 Å². The van der Waals surface area contributed by atoms with E-state index in [2.05, 4.69) is 28.1 Å². The summed E-state index contributed by atoms with van der Waals surface area (Å²) in [5.41, 5.74) is 0.826. The third-order valence-electron chi connectivity index (χ3n) is 0.997. The summed E-state index contributed by atoms with van der Waals surface area (Å²) in [5, 5.41) is 9.47. The van der Waals surface area contributed by atoms with Crippen molar-refractivity contribution in [1.29, 1.82) is 0 Å². The second-order valence-corrected chi connectivity index (χ2v) is 4.35. The van der Waals surface area contributed by atoms with Crippen LogP contribution in [-0.2, 0) is 5.33 Å². The molecule has 2 heteroatoms. The Bertz CT molecular complexity index is 207. The van der Waals surface area contributed by atoms with E-state index in [-0.39, 0.29) is 0 Å². The number of halogens is 1. The molecule has 0 aromatic heterocycles. The van der Waals surface area contributed by atoms with Crippen LogP contribution in [-0.4, -0.2) is 10.7 Å². The van der Waals surface area contributed by atoms with Crippen LogP contribution in [0.5, 0.6) is 0 Å². The van der Waals surface area contributed by atoms with Gasteiger partial charge >= 0.3 is 0 Å². The van der Waals surface area contributed by atoms with E-state index in [0.717, 1.165) is 5.33 Å². The zero-order valence-electron chi connectivity index (χ0n) is 8.42. The average Bonchev–Trinajstić information content (AvgIpc) is 2.03. The van der Waals surface area contributed by atoms with Gasteiger partial charge in [0.15, 0.2) is 0 Å². The lowest BCUT2D eigenvalue weighted by Gasteiger charge is -2.04. The average molecular weight is 245 g/mol. The van der Waals surface area contributed by atoms with Crippen molar-refractivity contribution in [2.75, 3.05) is 0 Å². The number of aliphatic hydroxyl groups is 1. The van der Waals surface area contributed by atoms with Crippen LogP contribution in [0.4, 0.5) is 0 Å². The Hall–Kier alpha value is -0.340. The smallest absolute Gasteiger partial charge is 0.0563 e. The highest BCUT2D eigenvalue weighted by molar-refractivity contribution is 9.08. The Morgan fingerprint density at radius 3 is 1.77 bits per heavy atom. The molecule has 1 aromatic rings. The zero-order valence-corrected chi connectivity index (χ0v) is 10.0. The molecule has 0 radical (unpaired) electrons. The number of alkyl halides is 1. The molecule has 1 aromatic carbocycles. The summed E-state index contributed by atoms with van der Waals surface area (Å²) in [6.07, 6.45) is 0. The van der Waals surface area contributed by atoms with E-state index in [1.165, 1.54) is 5.56 Å². The third kappa shape index (κ3) is 11.7. The van der Waals surface area contributed by atoms with Crippen LogP contribution in [0.15, 0.2) is 30.3 Å². The predicted octanol–water partition coefficient (Wildman–Crippen LogP) is 3.36. The lowest BCUT2D eigenvalue weighted by atomic mass is 10.2. The largest absolute Gasteiger partial charge is 0.391 e. The summed E-state index contributed by atoms with van der Waals surface area (Å²) in [7, 11) is 0. The Morgan fingerprint density at radius 2 is 1.54 bits per heavy atom. The summed E-state index contributed by atoms with van der Waals surface area (Å²) >= 11 is 3.36. The van der Waals surface area contributed by atoms with Crippen molar-refractivity contribution in [3.05, 3.63) is 35.9 Å². The Labute approximate surface area is 88.9 Å². The van der Waals surface area contributed by atoms with Crippen LogP contribution in [0.1, 0.15) is 26.3 Å². The minimum atomic E-state index is -0.500. The first kappa shape index (κ1) is 12.7. The molecule has 0 amide bonds. The first-order valence-corrected chi connectivity index (χ1v) is 5.38. The van der Waals surface area contributed by atoms with Crippen molar-refractivity contribution < 1.29 is 5.11 Å². The highest BCUT2D eigenvalue weighted by Gasteiger charge is 1.97. The number of hydrogen-bond donors (Lipinski definition) is 1. The second-order valence-electron chi connectivity index (χ2n) is 3.79. The molecular weight excluding hydrogens is 228 g/mol. The molecule has 1 N–H and O–H groups in total. The lowest BCUT2D eigenvalue weighted by molar-refractivity contribution is 0.102. The second kappa shape index (κ2) is 6.17. The molecule has 0 atom stereocenters. The first-order chi connectivity index (χ1) is 5.93. The van der Waals surface area contributed by atoms with Gasteiger partial charge in [0.05, 0.1) is 5.60 Å². The van der Waals surface area contributed by atoms with Gasteiger partial charge in [-0.3, -0.25) is 0 Å². The molecule has 0 fully saturated rings. The lowest BCUT2D eigenvalue weighted by Crippen LogP contribution is -2.10. The van der Waals surface area contributed by atoms with Crippen molar-refractivity contribution >= 4 is 15.9 Å². The topological polar surface area (TPSA) is 20.2 Å². The monoisotopic (exact) mass is 244 g/mol. The van der Waals surface area contributed by atoms with E-state index >= 15 is 0 Å². The van der Waals surface area contributed by atoms with Gasteiger partial charge in [0.2, 0.25) is 0 Å². The molecule has 1 rings (SSSR count). The fourth-order valence-corrected chi connectivity index (χ4v) is 0.941. The standard InChI is InChI=1S/C7H7Br.C4H10O/c8-6-7-4-2-1-3-5-7;1-4(2,3)5/h1-5H,6H2;5H,1-3H3. The minimum absolute atomic E-state index is 0.500. The van der Waals surface area contributed by atoms with Crippen LogP contribution < -0.4 is 0 Å². The van der Waals surface area contributed by atoms with Gasteiger partial charge in [-0.1, -0.05) is 46.3 Å². The van der Waals surface area contributed by atoms with Crippen LogP contribution in [0.2, 0.25) is 0 Å². The molecule has 13 heavy (non-hydrogen) atoms. The highest BCUT2D eigenvalue weighted by Crippen LogP contribution is 2.02. The maximum Gasteiger partial charge on any atom is 0.0563 e. The van der Waals surface area contributed by atoms with Crippen LogP contribution in [0.3, 0.4) is 0 Å². The summed E-state index contributed by atoms with van der Waals surface area (Å²) in [5.74, 6) is 0. The van der Waals surface area contributed by atoms with E-state index in [1.54, 1.807) is 20.8 Å². The van der Waals surface area contributed by atoms with E-state index in [4.69, 9.17) is 5.11 Å². The minimum Gasteiger partial charge on any atom is -0.391 e. The molecule has 0 bridgehead atoms. The van der Waals surface area contributed by atoms with Crippen LogP contribution >= 0.6 is 15.9 Å². The molecule has 0 saturated carbocycles. The van der Waals surface area contributed by atoms with Gasteiger partial charge in [0.25, 0.3) is 0 Å². The van der Waals surface area contributed by atoms with E-state index in [9.17, 15) is 0 Å². The normalized spacial score (nSPS) is 10.2. The molecular formula is C11H17BrO. The molecule has 0 spiro atoms. The number of hydrogen-bond acceptors (Lipinski definition) is 1. The maximum atomic E-state index is 8.52. The van der Waals surface area contributed by atoms with Gasteiger partial charge in [-0.15, -0.1) is 0 Å². The fraction of sp³-hybridized carbons (Fsp3) is 0.455. The van der Waals surface area contributed by atoms with E-state index in [1.807, 2.05) is 18.2 Å². The molecule has 0 unspecified atom stereocenters. The Kier molecular flexibility index (Phi) is 6.00. The van der Waals surface area contributed by atoms with Crippen molar-refractivity contribution in [2.24, 2.45) is 0 Å². The summed E-state index contributed by atoms with van der Waals surface area (Å²) in [4.78, 5) is 0. The number of benzene rings is 1. The van der Waals surface area contributed by atoms with Crippen molar-refractivity contribution in [3.8, 4) is 0 Å². The van der Waals surface area contributed by atoms with E-state index in [0.29, 0.717) is 0 Å².